The predicted octanol–water partition coefficient (Wildman–Crippen LogP) is 2.40. The molecule has 0 saturated heterocycles. The number of nitrogens with one attached hydrogen (secondary N) is 1. The minimum absolute atomic E-state index is 0.134. The van der Waals surface area contributed by atoms with Crippen LogP contribution in [0.15, 0.2) is 33.7 Å². The molecule has 1 heterocycles. The highest BCUT2D eigenvalue weighted by Crippen LogP contribution is 2.20. The molecular weight excluding hydrogens is 304 g/mol. The molecule has 6 nitrogen and oxygen atoms in total. The summed E-state index contributed by atoms with van der Waals surface area (Å²) in [5, 5.41) is 4.83. The maximum absolute atomic E-state index is 12.5. The Morgan fingerprint density at radius 3 is 2.41 bits per heavy atom. The molecule has 2 aromatic rings. The first kappa shape index (κ1) is 16.2. The van der Waals surface area contributed by atoms with E-state index in [0.717, 1.165) is 11.1 Å². The van der Waals surface area contributed by atoms with Crippen LogP contribution in [0.3, 0.4) is 0 Å². The van der Waals surface area contributed by atoms with E-state index in [9.17, 15) is 13.2 Å². The number of aryl methyl sites for hydroxylation is 3. The molecule has 0 radical (unpaired) electrons. The number of hydrogen-bond donors (Lipinski definition) is 1. The van der Waals surface area contributed by atoms with Crippen LogP contribution in [0.1, 0.15) is 23.8 Å². The number of benzene rings is 1. The van der Waals surface area contributed by atoms with Crippen molar-refractivity contribution in [1.82, 2.24) is 5.16 Å². The van der Waals surface area contributed by atoms with E-state index in [1.807, 2.05) is 13.8 Å². The van der Waals surface area contributed by atoms with Crippen molar-refractivity contribution >= 4 is 21.6 Å². The van der Waals surface area contributed by atoms with Gasteiger partial charge in [-0.25, -0.2) is 8.42 Å². The average Bonchev–Trinajstić information content (AvgIpc) is 2.86. The number of sulfone groups is 1. The van der Waals surface area contributed by atoms with E-state index in [4.69, 9.17) is 4.52 Å². The summed E-state index contributed by atoms with van der Waals surface area (Å²) in [6.07, 6.45) is 0. The van der Waals surface area contributed by atoms with Crippen LogP contribution in [-0.2, 0) is 14.6 Å². The van der Waals surface area contributed by atoms with E-state index < -0.39 is 21.0 Å². The zero-order valence-corrected chi connectivity index (χ0v) is 13.7. The molecule has 22 heavy (non-hydrogen) atoms. The standard InChI is InChI=1S/C15H18N2O4S/c1-9-5-6-13(7-10(9)2)22(19,20)12(4)15(18)16-14-8-11(3)21-17-14/h5-8,12H,1-4H3,(H,16,17,18). The van der Waals surface area contributed by atoms with Crippen LogP contribution in [0.2, 0.25) is 0 Å². The number of rotatable bonds is 4. The van der Waals surface area contributed by atoms with Crippen LogP contribution in [0.4, 0.5) is 5.82 Å². The fraction of sp³-hybridized carbons (Fsp3) is 0.333. The Morgan fingerprint density at radius 2 is 1.86 bits per heavy atom. The molecule has 2 rings (SSSR count). The van der Waals surface area contributed by atoms with Gasteiger partial charge in [0.1, 0.15) is 11.0 Å². The van der Waals surface area contributed by atoms with E-state index in [0.29, 0.717) is 5.76 Å². The molecule has 0 aliphatic carbocycles. The number of carbonyl (C=O) groups excluding carboxylic acids is 1. The number of amides is 1. The predicted molar refractivity (Wildman–Crippen MR) is 82.4 cm³/mol. The van der Waals surface area contributed by atoms with Crippen molar-refractivity contribution in [1.29, 1.82) is 0 Å². The van der Waals surface area contributed by atoms with Gasteiger partial charge in [0.25, 0.3) is 0 Å². The number of carbonyl (C=O) groups is 1. The topological polar surface area (TPSA) is 89.3 Å². The van der Waals surface area contributed by atoms with Crippen LogP contribution in [-0.4, -0.2) is 24.7 Å². The lowest BCUT2D eigenvalue weighted by Crippen LogP contribution is -2.32. The van der Waals surface area contributed by atoms with Gasteiger partial charge in [-0.05, 0) is 51.0 Å². The molecule has 0 spiro atoms. The molecule has 0 fully saturated rings. The van der Waals surface area contributed by atoms with Crippen molar-refractivity contribution in [2.45, 2.75) is 37.8 Å². The lowest BCUT2D eigenvalue weighted by molar-refractivity contribution is -0.115. The summed E-state index contributed by atoms with van der Waals surface area (Å²) in [4.78, 5) is 12.3. The van der Waals surface area contributed by atoms with Gasteiger partial charge in [0.2, 0.25) is 5.91 Å². The van der Waals surface area contributed by atoms with Crippen LogP contribution in [0, 0.1) is 20.8 Å². The third kappa shape index (κ3) is 3.19. The Labute approximate surface area is 129 Å². The third-order valence-corrected chi connectivity index (χ3v) is 5.58. The quantitative estimate of drug-likeness (QED) is 0.933. The monoisotopic (exact) mass is 322 g/mol. The zero-order chi connectivity index (χ0) is 16.5. The summed E-state index contributed by atoms with van der Waals surface area (Å²) < 4.78 is 29.9. The van der Waals surface area contributed by atoms with Crippen LogP contribution in [0.25, 0.3) is 0 Å². The minimum Gasteiger partial charge on any atom is -0.360 e. The van der Waals surface area contributed by atoms with E-state index in [1.165, 1.54) is 19.1 Å². The lowest BCUT2D eigenvalue weighted by Gasteiger charge is -2.13. The second kappa shape index (κ2) is 5.92. The highest BCUT2D eigenvalue weighted by atomic mass is 32.2. The fourth-order valence-corrected chi connectivity index (χ4v) is 3.24. The molecule has 1 atom stereocenters. The van der Waals surface area contributed by atoms with Gasteiger partial charge in [0.15, 0.2) is 15.7 Å². The molecule has 7 heteroatoms. The molecule has 0 aliphatic heterocycles. The Kier molecular flexibility index (Phi) is 4.37. The summed E-state index contributed by atoms with van der Waals surface area (Å²) in [5.74, 6) is 0.0798. The van der Waals surface area contributed by atoms with Crippen LogP contribution >= 0.6 is 0 Å². The molecule has 118 valence electrons. The van der Waals surface area contributed by atoms with Crippen molar-refractivity contribution in [3.63, 3.8) is 0 Å². The zero-order valence-electron chi connectivity index (χ0n) is 12.9. The highest BCUT2D eigenvalue weighted by Gasteiger charge is 2.30. The van der Waals surface area contributed by atoms with Crippen molar-refractivity contribution in [3.05, 3.63) is 41.2 Å². The Hall–Kier alpha value is -2.15. The van der Waals surface area contributed by atoms with E-state index in [2.05, 4.69) is 10.5 Å². The maximum atomic E-state index is 12.5. The Morgan fingerprint density at radius 1 is 1.18 bits per heavy atom. The second-order valence-electron chi connectivity index (χ2n) is 5.25. The van der Waals surface area contributed by atoms with Crippen molar-refractivity contribution in [3.8, 4) is 0 Å². The van der Waals surface area contributed by atoms with Gasteiger partial charge in [-0.3, -0.25) is 4.79 Å². The third-order valence-electron chi connectivity index (χ3n) is 3.52. The SMILES string of the molecule is Cc1cc(NC(=O)C(C)S(=O)(=O)c2ccc(C)c(C)c2)no1. The average molecular weight is 322 g/mol. The smallest absolute Gasteiger partial charge is 0.244 e. The molecule has 0 bridgehead atoms. The van der Waals surface area contributed by atoms with Gasteiger partial charge in [-0.2, -0.15) is 0 Å². The van der Waals surface area contributed by atoms with E-state index in [-0.39, 0.29) is 10.7 Å². The molecular formula is C15H18N2O4S. The van der Waals surface area contributed by atoms with Gasteiger partial charge in [0.05, 0.1) is 4.90 Å². The summed E-state index contributed by atoms with van der Waals surface area (Å²) in [6.45, 7) is 6.76. The number of anilines is 1. The van der Waals surface area contributed by atoms with Crippen LogP contribution < -0.4 is 5.32 Å². The fourth-order valence-electron chi connectivity index (χ4n) is 1.89. The van der Waals surface area contributed by atoms with Crippen molar-refractivity contribution in [2.75, 3.05) is 5.32 Å². The van der Waals surface area contributed by atoms with E-state index >= 15 is 0 Å². The van der Waals surface area contributed by atoms with Crippen molar-refractivity contribution < 1.29 is 17.7 Å². The summed E-state index contributed by atoms with van der Waals surface area (Å²) >= 11 is 0. The van der Waals surface area contributed by atoms with E-state index in [1.54, 1.807) is 19.1 Å². The molecule has 0 aliphatic rings. The molecule has 1 aromatic heterocycles. The Bertz CT molecular complexity index is 809. The maximum Gasteiger partial charge on any atom is 0.244 e. The van der Waals surface area contributed by atoms with Gasteiger partial charge in [-0.15, -0.1) is 0 Å². The largest absolute Gasteiger partial charge is 0.360 e. The second-order valence-corrected chi connectivity index (χ2v) is 7.51. The summed E-state index contributed by atoms with van der Waals surface area (Å²) in [7, 11) is -3.76. The van der Waals surface area contributed by atoms with Gasteiger partial charge >= 0.3 is 0 Å². The molecule has 1 aromatic carbocycles. The highest BCUT2D eigenvalue weighted by molar-refractivity contribution is 7.92. The number of nitrogens with zero attached hydrogens (tertiary/aromatic N) is 1. The van der Waals surface area contributed by atoms with Gasteiger partial charge in [-0.1, -0.05) is 11.2 Å². The Balaban J connectivity index is 2.24. The van der Waals surface area contributed by atoms with Crippen LogP contribution in [0.5, 0.6) is 0 Å². The molecule has 1 N–H and O–H groups in total. The summed E-state index contributed by atoms with van der Waals surface area (Å²) in [6, 6.07) is 6.34. The minimum atomic E-state index is -3.76. The first-order valence-electron chi connectivity index (χ1n) is 6.77. The van der Waals surface area contributed by atoms with Crippen molar-refractivity contribution in [2.24, 2.45) is 0 Å². The lowest BCUT2D eigenvalue weighted by atomic mass is 10.1. The van der Waals surface area contributed by atoms with Gasteiger partial charge < -0.3 is 9.84 Å². The first-order chi connectivity index (χ1) is 10.2. The summed E-state index contributed by atoms with van der Waals surface area (Å²) in [5.41, 5.74) is 1.86. The molecule has 1 unspecified atom stereocenters. The number of aromatic nitrogens is 1. The molecule has 1 amide bonds. The molecule has 0 saturated carbocycles. The first-order valence-corrected chi connectivity index (χ1v) is 8.32. The normalized spacial score (nSPS) is 12.9. The number of hydrogen-bond acceptors (Lipinski definition) is 5. The van der Waals surface area contributed by atoms with Gasteiger partial charge in [0, 0.05) is 6.07 Å².